The summed E-state index contributed by atoms with van der Waals surface area (Å²) in [5.41, 5.74) is 1.39. The Morgan fingerprint density at radius 3 is 2.68 bits per heavy atom. The number of aromatic nitrogens is 1. The van der Waals surface area contributed by atoms with Crippen LogP contribution in [0.15, 0.2) is 47.4 Å². The number of benzene rings is 1. The largest absolute Gasteiger partial charge is 0.487 e. The molecule has 3 heteroatoms. The molecule has 0 atom stereocenters. The van der Waals surface area contributed by atoms with E-state index in [1.807, 2.05) is 30.3 Å². The van der Waals surface area contributed by atoms with Crippen LogP contribution in [0, 0.1) is 11.8 Å². The van der Waals surface area contributed by atoms with Gasteiger partial charge >= 0.3 is 0 Å². The van der Waals surface area contributed by atoms with Crippen molar-refractivity contribution < 1.29 is 4.74 Å². The van der Waals surface area contributed by atoms with Crippen molar-refractivity contribution in [2.24, 2.45) is 7.05 Å². The second-order valence-corrected chi connectivity index (χ2v) is 5.15. The van der Waals surface area contributed by atoms with Gasteiger partial charge in [0.05, 0.1) is 0 Å². The second kappa shape index (κ2) is 8.09. The van der Waals surface area contributed by atoms with Crippen molar-refractivity contribution in [1.29, 1.82) is 0 Å². The van der Waals surface area contributed by atoms with Crippen LogP contribution in [-0.2, 0) is 13.7 Å². The van der Waals surface area contributed by atoms with E-state index in [2.05, 4.69) is 18.8 Å². The van der Waals surface area contributed by atoms with Gasteiger partial charge in [-0.3, -0.25) is 4.79 Å². The van der Waals surface area contributed by atoms with Crippen LogP contribution < -0.4 is 10.3 Å². The van der Waals surface area contributed by atoms with Crippen molar-refractivity contribution in [2.45, 2.75) is 32.8 Å². The summed E-state index contributed by atoms with van der Waals surface area (Å²) in [7, 11) is 1.72. The fourth-order valence-corrected chi connectivity index (χ4v) is 2.00. The molecule has 114 valence electrons. The van der Waals surface area contributed by atoms with E-state index >= 15 is 0 Å². The molecule has 3 nitrogen and oxygen atoms in total. The molecule has 1 aromatic heterocycles. The summed E-state index contributed by atoms with van der Waals surface area (Å²) < 4.78 is 7.33. The smallest absolute Gasteiger partial charge is 0.269 e. The van der Waals surface area contributed by atoms with Crippen LogP contribution in [0.25, 0.3) is 0 Å². The Hall–Kier alpha value is -2.47. The van der Waals surface area contributed by atoms with Crippen LogP contribution in [-0.4, -0.2) is 4.57 Å². The Bertz CT molecular complexity index is 721. The van der Waals surface area contributed by atoms with Gasteiger partial charge in [0, 0.05) is 19.7 Å². The first kappa shape index (κ1) is 15.9. The molecule has 0 aliphatic heterocycles. The Kier molecular flexibility index (Phi) is 5.85. The summed E-state index contributed by atoms with van der Waals surface area (Å²) in [6.07, 6.45) is 4.64. The number of rotatable bonds is 5. The molecule has 0 saturated heterocycles. The molecule has 0 saturated carbocycles. The lowest BCUT2D eigenvalue weighted by atomic mass is 10.2. The Morgan fingerprint density at radius 1 is 1.18 bits per heavy atom. The summed E-state index contributed by atoms with van der Waals surface area (Å²) in [5, 5.41) is 0. The summed E-state index contributed by atoms with van der Waals surface area (Å²) in [6, 6.07) is 11.7. The maximum Gasteiger partial charge on any atom is 0.269 e. The summed E-state index contributed by atoms with van der Waals surface area (Å²) in [5.74, 6) is 6.60. The number of hydrogen-bond donors (Lipinski definition) is 0. The number of ether oxygens (including phenoxy) is 1. The molecule has 0 bridgehead atoms. The predicted molar refractivity (Wildman–Crippen MR) is 88.9 cm³/mol. The third-order valence-electron chi connectivity index (χ3n) is 3.34. The summed E-state index contributed by atoms with van der Waals surface area (Å²) in [4.78, 5) is 12.2. The highest BCUT2D eigenvalue weighted by Crippen LogP contribution is 2.15. The Morgan fingerprint density at radius 2 is 1.95 bits per heavy atom. The average Bonchev–Trinajstić information content (AvgIpc) is 2.55. The molecule has 0 fully saturated rings. The van der Waals surface area contributed by atoms with Gasteiger partial charge in [0.25, 0.3) is 5.56 Å². The number of nitrogens with zero attached hydrogens (tertiary/aromatic N) is 1. The third-order valence-corrected chi connectivity index (χ3v) is 3.34. The second-order valence-electron chi connectivity index (χ2n) is 5.15. The highest BCUT2D eigenvalue weighted by atomic mass is 16.5. The van der Waals surface area contributed by atoms with E-state index in [0.717, 1.165) is 24.8 Å². The number of aryl methyl sites for hydroxylation is 1. The molecule has 0 spiro atoms. The number of hydrogen-bond acceptors (Lipinski definition) is 2. The minimum Gasteiger partial charge on any atom is -0.487 e. The lowest BCUT2D eigenvalue weighted by Gasteiger charge is -2.09. The first-order valence-corrected chi connectivity index (χ1v) is 7.57. The molecule has 0 aliphatic rings. The van der Waals surface area contributed by atoms with Crippen molar-refractivity contribution in [1.82, 2.24) is 4.57 Å². The SMILES string of the molecule is CCCCC#Cc1c(OCc2ccccc2)ccn(C)c1=O. The molecule has 0 aliphatic carbocycles. The first-order valence-electron chi connectivity index (χ1n) is 7.57. The van der Waals surface area contributed by atoms with Gasteiger partial charge in [0.1, 0.15) is 17.9 Å². The fraction of sp³-hybridized carbons (Fsp3) is 0.316. The van der Waals surface area contributed by atoms with E-state index < -0.39 is 0 Å². The average molecular weight is 295 g/mol. The molecule has 0 unspecified atom stereocenters. The molecular formula is C19H21NO2. The lowest BCUT2D eigenvalue weighted by Crippen LogP contribution is -2.19. The molecule has 0 N–H and O–H groups in total. The third kappa shape index (κ3) is 4.26. The van der Waals surface area contributed by atoms with Crippen LogP contribution in [0.4, 0.5) is 0 Å². The highest BCUT2D eigenvalue weighted by molar-refractivity contribution is 5.44. The molecule has 22 heavy (non-hydrogen) atoms. The van der Waals surface area contributed by atoms with Crippen molar-refractivity contribution in [3.8, 4) is 17.6 Å². The maximum absolute atomic E-state index is 12.2. The van der Waals surface area contributed by atoms with Gasteiger partial charge < -0.3 is 9.30 Å². The van der Waals surface area contributed by atoms with Crippen LogP contribution in [0.3, 0.4) is 0 Å². The van der Waals surface area contributed by atoms with Gasteiger partial charge in [-0.1, -0.05) is 55.5 Å². The molecule has 1 heterocycles. The van der Waals surface area contributed by atoms with Gasteiger partial charge in [-0.2, -0.15) is 0 Å². The van der Waals surface area contributed by atoms with Gasteiger partial charge in [-0.15, -0.1) is 0 Å². The molecule has 0 amide bonds. The van der Waals surface area contributed by atoms with Gasteiger partial charge in [0.2, 0.25) is 0 Å². The molecule has 0 radical (unpaired) electrons. The van der Waals surface area contributed by atoms with Gasteiger partial charge in [-0.05, 0) is 18.1 Å². The van der Waals surface area contributed by atoms with Crippen LogP contribution in [0.5, 0.6) is 5.75 Å². The molecular weight excluding hydrogens is 274 g/mol. The number of unbranched alkanes of at least 4 members (excludes halogenated alkanes) is 2. The van der Waals surface area contributed by atoms with Crippen LogP contribution in [0.2, 0.25) is 0 Å². The van der Waals surface area contributed by atoms with Crippen molar-refractivity contribution in [3.05, 3.63) is 64.1 Å². The van der Waals surface area contributed by atoms with Crippen molar-refractivity contribution >= 4 is 0 Å². The first-order chi connectivity index (χ1) is 10.7. The molecule has 2 rings (SSSR count). The van der Waals surface area contributed by atoms with Crippen LogP contribution >= 0.6 is 0 Å². The topological polar surface area (TPSA) is 31.2 Å². The van der Waals surface area contributed by atoms with E-state index in [1.54, 1.807) is 19.3 Å². The van der Waals surface area contributed by atoms with Crippen molar-refractivity contribution in [3.63, 3.8) is 0 Å². The normalized spacial score (nSPS) is 9.91. The fourth-order valence-electron chi connectivity index (χ4n) is 2.00. The summed E-state index contributed by atoms with van der Waals surface area (Å²) >= 11 is 0. The monoisotopic (exact) mass is 295 g/mol. The van der Waals surface area contributed by atoms with Crippen molar-refractivity contribution in [2.75, 3.05) is 0 Å². The Balaban J connectivity index is 2.20. The van der Waals surface area contributed by atoms with E-state index in [0.29, 0.717) is 17.9 Å². The van der Waals surface area contributed by atoms with E-state index in [-0.39, 0.29) is 5.56 Å². The summed E-state index contributed by atoms with van der Waals surface area (Å²) in [6.45, 7) is 2.55. The molecule has 1 aromatic carbocycles. The van der Waals surface area contributed by atoms with E-state index in [1.165, 1.54) is 4.57 Å². The highest BCUT2D eigenvalue weighted by Gasteiger charge is 2.08. The molecule has 2 aromatic rings. The van der Waals surface area contributed by atoms with Gasteiger partial charge in [-0.25, -0.2) is 0 Å². The number of pyridine rings is 1. The maximum atomic E-state index is 12.2. The zero-order chi connectivity index (χ0) is 15.8. The standard InChI is InChI=1S/C19H21NO2/c1-3-4-5-9-12-17-18(13-14-20(2)19(17)21)22-15-16-10-7-6-8-11-16/h6-8,10-11,13-14H,3-5,15H2,1-2H3. The van der Waals surface area contributed by atoms with Gasteiger partial charge in [0.15, 0.2) is 0 Å². The minimum absolute atomic E-state index is 0.116. The predicted octanol–water partition coefficient (Wildman–Crippen LogP) is 3.51. The minimum atomic E-state index is -0.116. The zero-order valence-electron chi connectivity index (χ0n) is 13.1. The lowest BCUT2D eigenvalue weighted by molar-refractivity contribution is 0.304. The quantitative estimate of drug-likeness (QED) is 0.624. The van der Waals surface area contributed by atoms with E-state index in [9.17, 15) is 4.79 Å². The van der Waals surface area contributed by atoms with Crippen LogP contribution in [0.1, 0.15) is 37.3 Å². The Labute approximate surface area is 131 Å². The zero-order valence-corrected chi connectivity index (χ0v) is 13.1. The van der Waals surface area contributed by atoms with E-state index in [4.69, 9.17) is 4.74 Å².